The minimum atomic E-state index is -0.547. The Morgan fingerprint density at radius 1 is 0.421 bits per heavy atom. The Hall–Kier alpha value is -10.7. The van der Waals surface area contributed by atoms with E-state index in [0.717, 1.165) is 124 Å². The Labute approximate surface area is 628 Å². The molecule has 0 spiro atoms. The molecule has 3 amide bonds. The molecule has 560 valence electrons. The molecule has 0 bridgehead atoms. The molecule has 4 fully saturated rings. The Balaban J connectivity index is 0.000000189. The molecule has 0 unspecified atom stereocenters. The molecule has 107 heavy (non-hydrogen) atoms. The van der Waals surface area contributed by atoms with Crippen LogP contribution in [0.25, 0.3) is 44.3 Å². The first kappa shape index (κ1) is 74.6. The number of aromatic nitrogens is 6. The van der Waals surface area contributed by atoms with Gasteiger partial charge in [0.25, 0.3) is 0 Å². The van der Waals surface area contributed by atoms with Crippen LogP contribution in [0.5, 0.6) is 23.5 Å². The maximum Gasteiger partial charge on any atom is 0.410 e. The van der Waals surface area contributed by atoms with E-state index in [1.807, 2.05) is 220 Å². The van der Waals surface area contributed by atoms with Gasteiger partial charge in [0.2, 0.25) is 29.4 Å². The lowest BCUT2D eigenvalue weighted by atomic mass is 9.85. The first-order valence-corrected chi connectivity index (χ1v) is 37.7. The number of carbonyl (C=O) groups excluding carboxylic acids is 3. The lowest BCUT2D eigenvalue weighted by molar-refractivity contribution is -0.139. The number of pyridine rings is 2. The summed E-state index contributed by atoms with van der Waals surface area (Å²) in [5.74, 6) is 3.03. The highest BCUT2D eigenvalue weighted by molar-refractivity contribution is 6.02. The number of benzene rings is 6. The second-order valence-electron chi connectivity index (χ2n) is 30.7. The summed E-state index contributed by atoms with van der Waals surface area (Å²) in [6, 6.07) is 60.8. The molecule has 4 saturated heterocycles. The Kier molecular flexibility index (Phi) is 23.3. The third kappa shape index (κ3) is 18.6. The van der Waals surface area contributed by atoms with Gasteiger partial charge in [-0.05, 0) is 119 Å². The van der Waals surface area contributed by atoms with E-state index in [0.29, 0.717) is 107 Å². The van der Waals surface area contributed by atoms with Gasteiger partial charge in [-0.2, -0.15) is 20.2 Å². The van der Waals surface area contributed by atoms with Gasteiger partial charge in [-0.15, -0.1) is 0 Å². The van der Waals surface area contributed by atoms with Crippen molar-refractivity contribution in [3.63, 3.8) is 0 Å². The van der Waals surface area contributed by atoms with Crippen molar-refractivity contribution in [2.45, 2.75) is 106 Å². The van der Waals surface area contributed by atoms with Crippen molar-refractivity contribution in [2.75, 3.05) is 94.9 Å². The van der Waals surface area contributed by atoms with Gasteiger partial charge in [-0.25, -0.2) is 9.59 Å². The normalized spacial score (nSPS) is 18.0. The van der Waals surface area contributed by atoms with Crippen LogP contribution in [0.3, 0.4) is 0 Å². The van der Waals surface area contributed by atoms with Crippen molar-refractivity contribution < 1.29 is 42.8 Å². The molecular weight excluding hydrogens is 1350 g/mol. The van der Waals surface area contributed by atoms with Crippen molar-refractivity contribution in [3.05, 3.63) is 204 Å². The van der Waals surface area contributed by atoms with Crippen LogP contribution in [0.15, 0.2) is 182 Å². The predicted molar refractivity (Wildman–Crippen MR) is 419 cm³/mol. The number of hydrogen-bond acceptors (Lipinski definition) is 16. The van der Waals surface area contributed by atoms with Crippen molar-refractivity contribution in [2.24, 2.45) is 37.8 Å². The van der Waals surface area contributed by atoms with E-state index in [2.05, 4.69) is 64.9 Å². The monoisotopic (exact) mass is 1450 g/mol. The van der Waals surface area contributed by atoms with Gasteiger partial charge in [0.15, 0.2) is 0 Å². The van der Waals surface area contributed by atoms with Crippen LogP contribution in [0.4, 0.5) is 21.0 Å². The topological polar surface area (TPSA) is 187 Å². The van der Waals surface area contributed by atoms with Crippen LogP contribution < -0.4 is 28.7 Å². The summed E-state index contributed by atoms with van der Waals surface area (Å²) < 4.78 is 40.2. The van der Waals surface area contributed by atoms with Crippen molar-refractivity contribution >= 4 is 51.3 Å². The second kappa shape index (κ2) is 33.4. The highest BCUT2D eigenvalue weighted by atomic mass is 16.6. The van der Waals surface area contributed by atoms with Gasteiger partial charge in [0, 0.05) is 128 Å². The minimum Gasteiger partial charge on any atom is -0.473 e. The number of aryl methyl sites for hydroxylation is 2. The standard InChI is InChI=1S/C43H50N6O5.C43H52N6O4/c1-30-27-49(42(51)54-43(2,3)4)22-21-33(30)41(50)48-25-23-47(24-26-48)36-18-12-17-34-38(45-46(5)39(34)36)35-19-20-37(52-28-31-13-8-6-9-14-31)44-40(35)53-29-32-15-10-7-11-16-32;1-31-27-49(42(50)53-43(2,3)4)22-21-34(31)28-47-23-25-48(26-24-47)37-18-12-17-35-39(45-46(5)40(35)37)36-19-20-38(51-29-32-13-8-6-9-14-32)44-41(36)52-30-33-15-10-7-11-16-33/h6-20,30,33H,21-29H2,1-5H3;6-20,31,34H,21-30H2,1-5H3/t30-,33+;31-,34-/m11/s1. The molecule has 0 radical (unpaired) electrons. The van der Waals surface area contributed by atoms with Crippen LogP contribution in [-0.4, -0.2) is 164 Å². The molecule has 4 atom stereocenters. The van der Waals surface area contributed by atoms with E-state index < -0.39 is 11.2 Å². The molecule has 0 aliphatic carbocycles. The quantitative estimate of drug-likeness (QED) is 0.0743. The first-order valence-electron chi connectivity index (χ1n) is 37.7. The molecule has 8 heterocycles. The summed E-state index contributed by atoms with van der Waals surface area (Å²) in [6.07, 6.45) is 1.14. The number of piperazine rings is 2. The zero-order valence-electron chi connectivity index (χ0n) is 63.6. The number of carbonyl (C=O) groups is 3. The molecule has 14 rings (SSSR count). The molecular formula is C86H102N12O9. The summed E-state index contributed by atoms with van der Waals surface area (Å²) in [5, 5.41) is 12.2. The Morgan fingerprint density at radius 2 is 0.813 bits per heavy atom. The molecule has 21 heteroatoms. The zero-order chi connectivity index (χ0) is 74.8. The van der Waals surface area contributed by atoms with Crippen LogP contribution >= 0.6 is 0 Å². The van der Waals surface area contributed by atoms with E-state index in [4.69, 9.17) is 48.6 Å². The first-order chi connectivity index (χ1) is 51.6. The molecule has 0 N–H and O–H groups in total. The average molecular weight is 1450 g/mol. The smallest absolute Gasteiger partial charge is 0.410 e. The number of ether oxygens (including phenoxy) is 6. The largest absolute Gasteiger partial charge is 0.473 e. The third-order valence-electron chi connectivity index (χ3n) is 20.5. The van der Waals surface area contributed by atoms with Gasteiger partial charge in [0.05, 0.1) is 33.5 Å². The molecule has 4 aliphatic rings. The highest BCUT2D eigenvalue weighted by Crippen LogP contribution is 2.42. The second-order valence-corrected chi connectivity index (χ2v) is 30.7. The number of anilines is 2. The number of likely N-dealkylation sites (tertiary alicyclic amines) is 2. The fourth-order valence-corrected chi connectivity index (χ4v) is 14.9. The van der Waals surface area contributed by atoms with Crippen molar-refractivity contribution in [3.8, 4) is 46.0 Å². The van der Waals surface area contributed by atoms with Crippen LogP contribution in [0.2, 0.25) is 0 Å². The lowest BCUT2D eigenvalue weighted by Gasteiger charge is -2.42. The summed E-state index contributed by atoms with van der Waals surface area (Å²) in [4.78, 5) is 61.9. The molecule has 0 saturated carbocycles. The number of piperidine rings is 2. The Morgan fingerprint density at radius 3 is 1.21 bits per heavy atom. The Bertz CT molecular complexity index is 4640. The zero-order valence-corrected chi connectivity index (χ0v) is 63.6. The van der Waals surface area contributed by atoms with E-state index in [1.165, 1.54) is 5.69 Å². The number of fused-ring (bicyclic) bond motifs is 2. The highest BCUT2D eigenvalue weighted by Gasteiger charge is 2.39. The maximum atomic E-state index is 13.8. The van der Waals surface area contributed by atoms with E-state index >= 15 is 0 Å². The van der Waals surface area contributed by atoms with Gasteiger partial charge < -0.3 is 52.9 Å². The summed E-state index contributed by atoms with van der Waals surface area (Å²) >= 11 is 0. The van der Waals surface area contributed by atoms with Crippen molar-refractivity contribution in [1.29, 1.82) is 0 Å². The molecule has 21 nitrogen and oxygen atoms in total. The van der Waals surface area contributed by atoms with Crippen LogP contribution in [0.1, 0.15) is 90.5 Å². The van der Waals surface area contributed by atoms with E-state index in [9.17, 15) is 14.4 Å². The number of rotatable bonds is 19. The maximum absolute atomic E-state index is 13.8. The van der Waals surface area contributed by atoms with E-state index in [-0.39, 0.29) is 29.9 Å². The van der Waals surface area contributed by atoms with Gasteiger partial charge in [-0.3, -0.25) is 19.1 Å². The predicted octanol–water partition coefficient (Wildman–Crippen LogP) is 15.1. The number of hydrogen-bond donors (Lipinski definition) is 0. The molecule has 4 aromatic heterocycles. The van der Waals surface area contributed by atoms with E-state index in [1.54, 1.807) is 4.90 Å². The third-order valence-corrected chi connectivity index (χ3v) is 20.5. The number of nitrogens with zero attached hydrogens (tertiary/aromatic N) is 12. The molecule has 10 aromatic rings. The molecule has 6 aromatic carbocycles. The number of para-hydroxylation sites is 2. The van der Waals surface area contributed by atoms with Crippen molar-refractivity contribution in [1.82, 2.24) is 49.1 Å². The van der Waals surface area contributed by atoms with Gasteiger partial charge in [0.1, 0.15) is 49.0 Å². The van der Waals surface area contributed by atoms with Gasteiger partial charge in [-0.1, -0.05) is 159 Å². The average Bonchev–Trinajstić information content (AvgIpc) is 1.62. The summed E-state index contributed by atoms with van der Waals surface area (Å²) in [5.41, 5.74) is 10.8. The van der Waals surface area contributed by atoms with Crippen LogP contribution in [0, 0.1) is 23.7 Å². The fraction of sp³-hybridized carbons (Fsp3) is 0.407. The SMILES string of the molecule is C[C@@H]1CN(C(=O)OC(C)(C)C)CC[C@@H]1C(=O)N1CCN(c2cccc3c(-c4ccc(OCc5ccccc5)nc4OCc4ccccc4)nn(C)c23)CC1.C[C@@H]1CN(C(=O)OC(C)(C)C)CC[C@@H]1CN1CCN(c2cccc3c(-c4ccc(OCc5ccccc5)nc4OCc4ccccc4)nn(C)c23)CC1. The fourth-order valence-electron chi connectivity index (χ4n) is 14.9. The summed E-state index contributed by atoms with van der Waals surface area (Å²) in [6.45, 7) is 27.4. The number of amides is 3. The summed E-state index contributed by atoms with van der Waals surface area (Å²) in [7, 11) is 3.99. The lowest BCUT2D eigenvalue weighted by Crippen LogP contribution is -2.54. The van der Waals surface area contributed by atoms with Gasteiger partial charge >= 0.3 is 12.2 Å². The minimum absolute atomic E-state index is 0.0546. The van der Waals surface area contributed by atoms with Crippen LogP contribution in [-0.2, 0) is 54.8 Å². The molecule has 4 aliphatic heterocycles.